The van der Waals surface area contributed by atoms with Crippen molar-refractivity contribution in [2.45, 2.75) is 32.1 Å². The van der Waals surface area contributed by atoms with Gasteiger partial charge in [0.1, 0.15) is 11.5 Å². The fourth-order valence-electron chi connectivity index (χ4n) is 7.07. The minimum absolute atomic E-state index is 0.116. The molecule has 1 aliphatic carbocycles. The number of benzene rings is 6. The first-order valence-electron chi connectivity index (χ1n) is 17.6. The third-order valence-electron chi connectivity index (χ3n) is 9.68. The highest BCUT2D eigenvalue weighted by Crippen LogP contribution is 2.56. The Balaban J connectivity index is 1.13. The van der Waals surface area contributed by atoms with E-state index in [0.29, 0.717) is 22.9 Å². The average molecular weight is 831 g/mol. The number of ether oxygens (including phenoxy) is 2. The largest absolute Gasteiger partial charge is 0.483 e. The van der Waals surface area contributed by atoms with E-state index in [1.807, 2.05) is 60.7 Å². The number of rotatable bonds is 12. The van der Waals surface area contributed by atoms with Gasteiger partial charge in [0.05, 0.1) is 14.4 Å². The van der Waals surface area contributed by atoms with Crippen LogP contribution < -0.4 is 20.1 Å². The number of fused-ring (bicyclic) bond motifs is 3. The molecule has 0 unspecified atom stereocenters. The summed E-state index contributed by atoms with van der Waals surface area (Å²) in [4.78, 5) is 25.9. The molecule has 0 aromatic heterocycles. The molecule has 0 spiro atoms. The monoisotopic (exact) mass is 828 g/mol. The second-order valence-electron chi connectivity index (χ2n) is 12.9. The van der Waals surface area contributed by atoms with Crippen molar-refractivity contribution in [3.05, 3.63) is 176 Å². The number of anilines is 2. The zero-order chi connectivity index (χ0) is 37.0. The smallest absolute Gasteiger partial charge is 0.262 e. The van der Waals surface area contributed by atoms with E-state index in [2.05, 4.69) is 129 Å². The van der Waals surface area contributed by atoms with Crippen molar-refractivity contribution in [2.24, 2.45) is 0 Å². The summed E-state index contributed by atoms with van der Waals surface area (Å²) < 4.78 is 13.3. The Morgan fingerprint density at radius 1 is 0.547 bits per heavy atom. The molecule has 0 fully saturated rings. The normalized spacial score (nSPS) is 12.4. The molecule has 0 heterocycles. The maximum absolute atomic E-state index is 12.9. The Labute approximate surface area is 326 Å². The summed E-state index contributed by atoms with van der Waals surface area (Å²) >= 11 is 7.09. The summed E-state index contributed by atoms with van der Waals surface area (Å²) in [5.74, 6) is 0.747. The van der Waals surface area contributed by atoms with Crippen LogP contribution >= 0.6 is 31.9 Å². The molecule has 6 aromatic carbocycles. The number of carbonyl (C=O) groups excluding carboxylic acids is 2. The van der Waals surface area contributed by atoms with Crippen LogP contribution in [0.15, 0.2) is 142 Å². The molecule has 1 aliphatic rings. The predicted octanol–water partition coefficient (Wildman–Crippen LogP) is 10.7. The van der Waals surface area contributed by atoms with E-state index >= 15 is 0 Å². The van der Waals surface area contributed by atoms with Gasteiger partial charge in [0, 0.05) is 11.4 Å². The van der Waals surface area contributed by atoms with E-state index < -0.39 is 5.41 Å². The van der Waals surface area contributed by atoms with Crippen molar-refractivity contribution in [3.8, 4) is 22.6 Å². The first-order chi connectivity index (χ1) is 25.8. The second-order valence-corrected chi connectivity index (χ2v) is 14.6. The van der Waals surface area contributed by atoms with Gasteiger partial charge in [-0.1, -0.05) is 98.8 Å². The van der Waals surface area contributed by atoms with Crippen molar-refractivity contribution < 1.29 is 19.1 Å². The van der Waals surface area contributed by atoms with Gasteiger partial charge in [-0.05, 0) is 138 Å². The Hall–Kier alpha value is -5.18. The van der Waals surface area contributed by atoms with Crippen LogP contribution in [0.2, 0.25) is 0 Å². The highest BCUT2D eigenvalue weighted by atomic mass is 79.9. The molecule has 8 heteroatoms. The quantitative estimate of drug-likeness (QED) is 0.129. The van der Waals surface area contributed by atoms with E-state index in [1.54, 1.807) is 0 Å². The molecule has 0 radical (unpaired) electrons. The molecule has 0 saturated carbocycles. The van der Waals surface area contributed by atoms with Gasteiger partial charge < -0.3 is 20.1 Å². The van der Waals surface area contributed by atoms with Crippen molar-refractivity contribution in [3.63, 3.8) is 0 Å². The molecule has 6 nitrogen and oxygen atoms in total. The van der Waals surface area contributed by atoms with Crippen molar-refractivity contribution in [1.29, 1.82) is 0 Å². The molecule has 0 aliphatic heterocycles. The van der Waals surface area contributed by atoms with E-state index in [4.69, 9.17) is 9.47 Å². The summed E-state index contributed by atoms with van der Waals surface area (Å²) in [7, 11) is 0. The SMILES string of the molecule is CCc1ccc(OCC(=O)Nc2ccc(C3(c4ccc(NC(=O)COc5ccc(CC)cc5Br)cc4)c4ccccc4-c4ccccc43)cc2)c(Br)c1. The lowest BCUT2D eigenvalue weighted by Crippen LogP contribution is -2.28. The van der Waals surface area contributed by atoms with Crippen molar-refractivity contribution in [2.75, 3.05) is 23.8 Å². The lowest BCUT2D eigenvalue weighted by molar-refractivity contribution is -0.118. The van der Waals surface area contributed by atoms with E-state index in [1.165, 1.54) is 22.3 Å². The van der Waals surface area contributed by atoms with Gasteiger partial charge in [0.2, 0.25) is 0 Å². The molecule has 2 amide bonds. The van der Waals surface area contributed by atoms with Crippen molar-refractivity contribution >= 4 is 55.0 Å². The molecule has 2 N–H and O–H groups in total. The standard InChI is InChI=1S/C45H38Br2N2O4/c1-3-29-13-23-41(39(46)25-29)52-27-43(50)48-33-19-15-31(16-20-33)45(37-11-7-5-9-35(37)36-10-6-8-12-38(36)45)32-17-21-34(22-18-32)49-44(51)28-53-42-24-14-30(4-2)26-40(42)47/h5-26H,3-4,27-28H2,1-2H3,(H,48,50)(H,49,51). The molecular weight excluding hydrogens is 792 g/mol. The molecule has 0 atom stereocenters. The summed E-state index contributed by atoms with van der Waals surface area (Å²) in [5, 5.41) is 5.97. The number of halogens is 2. The molecule has 0 bridgehead atoms. The van der Waals surface area contributed by atoms with Gasteiger partial charge in [-0.3, -0.25) is 9.59 Å². The molecule has 0 saturated heterocycles. The summed E-state index contributed by atoms with van der Waals surface area (Å²) in [5.41, 5.74) is 9.84. The Kier molecular flexibility index (Phi) is 10.8. The first-order valence-corrected chi connectivity index (χ1v) is 19.2. The van der Waals surface area contributed by atoms with Crippen LogP contribution in [-0.2, 0) is 27.8 Å². The molecule has 53 heavy (non-hydrogen) atoms. The number of nitrogens with one attached hydrogen (secondary N) is 2. The van der Waals surface area contributed by atoms with E-state index in [9.17, 15) is 9.59 Å². The topological polar surface area (TPSA) is 76.7 Å². The summed E-state index contributed by atoms with van der Waals surface area (Å²) in [6.45, 7) is 3.96. The Morgan fingerprint density at radius 2 is 0.943 bits per heavy atom. The first kappa shape index (κ1) is 36.2. The minimum Gasteiger partial charge on any atom is -0.483 e. The lowest BCUT2D eigenvalue weighted by atomic mass is 9.67. The fourth-order valence-corrected chi connectivity index (χ4v) is 8.16. The molecule has 266 valence electrons. The maximum atomic E-state index is 12.9. The molecule has 6 aromatic rings. The highest BCUT2D eigenvalue weighted by Gasteiger charge is 2.45. The van der Waals surface area contributed by atoms with Crippen LogP contribution in [0.5, 0.6) is 11.5 Å². The third-order valence-corrected chi connectivity index (χ3v) is 10.9. The highest BCUT2D eigenvalue weighted by molar-refractivity contribution is 9.11. The number of hydrogen-bond acceptors (Lipinski definition) is 4. The van der Waals surface area contributed by atoms with Crippen LogP contribution in [-0.4, -0.2) is 25.0 Å². The van der Waals surface area contributed by atoms with Gasteiger partial charge in [-0.15, -0.1) is 0 Å². The second kappa shape index (κ2) is 15.8. The fraction of sp³-hybridized carbons (Fsp3) is 0.156. The predicted molar refractivity (Wildman–Crippen MR) is 219 cm³/mol. The van der Waals surface area contributed by atoms with Gasteiger partial charge >= 0.3 is 0 Å². The Morgan fingerprint density at radius 3 is 1.32 bits per heavy atom. The zero-order valence-corrected chi connectivity index (χ0v) is 32.6. The van der Waals surface area contributed by atoms with Crippen LogP contribution in [0, 0.1) is 0 Å². The van der Waals surface area contributed by atoms with Gasteiger partial charge in [-0.2, -0.15) is 0 Å². The van der Waals surface area contributed by atoms with Crippen LogP contribution in [0.1, 0.15) is 47.2 Å². The number of amides is 2. The number of carbonyl (C=O) groups is 2. The summed E-state index contributed by atoms with van der Waals surface area (Å²) in [6, 6.07) is 44.8. The third kappa shape index (κ3) is 7.39. The lowest BCUT2D eigenvalue weighted by Gasteiger charge is -2.34. The Bertz CT molecular complexity index is 2120. The number of aryl methyl sites for hydroxylation is 2. The molecule has 7 rings (SSSR count). The summed E-state index contributed by atoms with van der Waals surface area (Å²) in [6.07, 6.45) is 1.84. The van der Waals surface area contributed by atoms with Crippen LogP contribution in [0.25, 0.3) is 11.1 Å². The maximum Gasteiger partial charge on any atom is 0.262 e. The van der Waals surface area contributed by atoms with Gasteiger partial charge in [0.15, 0.2) is 13.2 Å². The van der Waals surface area contributed by atoms with E-state index in [-0.39, 0.29) is 25.0 Å². The van der Waals surface area contributed by atoms with Gasteiger partial charge in [0.25, 0.3) is 11.8 Å². The molecular formula is C45H38Br2N2O4. The van der Waals surface area contributed by atoms with Gasteiger partial charge in [-0.25, -0.2) is 0 Å². The average Bonchev–Trinajstić information content (AvgIpc) is 3.48. The van der Waals surface area contributed by atoms with E-state index in [0.717, 1.165) is 44.0 Å². The zero-order valence-electron chi connectivity index (χ0n) is 29.4. The van der Waals surface area contributed by atoms with Crippen LogP contribution in [0.4, 0.5) is 11.4 Å². The van der Waals surface area contributed by atoms with Crippen LogP contribution in [0.3, 0.4) is 0 Å². The minimum atomic E-state index is -0.641. The number of hydrogen-bond donors (Lipinski definition) is 2. The van der Waals surface area contributed by atoms with Crippen molar-refractivity contribution in [1.82, 2.24) is 0 Å².